The molecule has 5 heteroatoms. The van der Waals surface area contributed by atoms with Gasteiger partial charge >= 0.3 is 6.36 Å². The summed E-state index contributed by atoms with van der Waals surface area (Å²) >= 11 is 0. The fourth-order valence-corrected chi connectivity index (χ4v) is 1.62. The van der Waals surface area contributed by atoms with Crippen molar-refractivity contribution in [2.75, 3.05) is 0 Å². The Bertz CT molecular complexity index is 377. The van der Waals surface area contributed by atoms with Gasteiger partial charge in [-0.25, -0.2) is 0 Å². The third kappa shape index (κ3) is 5.40. The minimum atomic E-state index is -4.67. The lowest BCUT2D eigenvalue weighted by Gasteiger charge is -2.15. The number of benzene rings is 1. The molecule has 0 amide bonds. The van der Waals surface area contributed by atoms with Crippen LogP contribution in [0.15, 0.2) is 24.3 Å². The van der Waals surface area contributed by atoms with E-state index in [0.717, 1.165) is 12.8 Å². The van der Waals surface area contributed by atoms with E-state index in [9.17, 15) is 13.2 Å². The van der Waals surface area contributed by atoms with Crippen molar-refractivity contribution in [2.24, 2.45) is 11.7 Å². The molecule has 1 aromatic rings. The second-order valence-electron chi connectivity index (χ2n) is 4.70. The molecule has 0 heterocycles. The van der Waals surface area contributed by atoms with Crippen LogP contribution in [-0.2, 0) is 0 Å². The van der Waals surface area contributed by atoms with Gasteiger partial charge in [0.25, 0.3) is 0 Å². The predicted molar refractivity (Wildman–Crippen MR) is 64.1 cm³/mol. The molecule has 1 aromatic carbocycles. The van der Waals surface area contributed by atoms with Crippen molar-refractivity contribution in [2.45, 2.75) is 39.1 Å². The molecule has 0 spiro atoms. The summed E-state index contributed by atoms with van der Waals surface area (Å²) in [5.41, 5.74) is 6.60. The first-order valence-electron chi connectivity index (χ1n) is 5.89. The van der Waals surface area contributed by atoms with Crippen molar-refractivity contribution in [3.8, 4) is 5.75 Å². The minimum absolute atomic E-state index is 0.222. The first-order chi connectivity index (χ1) is 8.28. The van der Waals surface area contributed by atoms with Crippen molar-refractivity contribution in [1.29, 1.82) is 0 Å². The Kier molecular flexibility index (Phi) is 5.02. The number of ether oxygens (including phenoxy) is 1. The molecule has 2 nitrogen and oxygen atoms in total. The van der Waals surface area contributed by atoms with E-state index >= 15 is 0 Å². The zero-order valence-corrected chi connectivity index (χ0v) is 10.5. The van der Waals surface area contributed by atoms with Crippen LogP contribution in [0.25, 0.3) is 0 Å². The molecule has 0 fully saturated rings. The van der Waals surface area contributed by atoms with E-state index in [4.69, 9.17) is 5.73 Å². The molecule has 0 aliphatic carbocycles. The van der Waals surface area contributed by atoms with Crippen molar-refractivity contribution < 1.29 is 17.9 Å². The van der Waals surface area contributed by atoms with Crippen LogP contribution in [0.3, 0.4) is 0 Å². The smallest absolute Gasteiger partial charge is 0.406 e. The van der Waals surface area contributed by atoms with E-state index < -0.39 is 6.36 Å². The molecule has 0 aliphatic heterocycles. The van der Waals surface area contributed by atoms with Gasteiger partial charge in [-0.1, -0.05) is 26.0 Å². The van der Waals surface area contributed by atoms with Gasteiger partial charge in [0.1, 0.15) is 5.75 Å². The highest BCUT2D eigenvalue weighted by Crippen LogP contribution is 2.26. The topological polar surface area (TPSA) is 35.2 Å². The fourth-order valence-electron chi connectivity index (χ4n) is 1.62. The van der Waals surface area contributed by atoms with E-state index in [1.54, 1.807) is 6.07 Å². The number of alkyl halides is 3. The summed E-state index contributed by atoms with van der Waals surface area (Å²) < 4.78 is 40.1. The van der Waals surface area contributed by atoms with Gasteiger partial charge in [-0.05, 0) is 36.5 Å². The van der Waals surface area contributed by atoms with E-state index in [0.29, 0.717) is 11.5 Å². The molecule has 18 heavy (non-hydrogen) atoms. The summed E-state index contributed by atoms with van der Waals surface area (Å²) in [6, 6.07) is 5.59. The molecule has 0 unspecified atom stereocenters. The molecule has 1 rings (SSSR count). The van der Waals surface area contributed by atoms with Crippen molar-refractivity contribution in [3.05, 3.63) is 29.8 Å². The van der Waals surface area contributed by atoms with Crippen LogP contribution in [-0.4, -0.2) is 6.36 Å². The first kappa shape index (κ1) is 14.8. The highest BCUT2D eigenvalue weighted by molar-refractivity contribution is 5.30. The zero-order chi connectivity index (χ0) is 13.8. The lowest BCUT2D eigenvalue weighted by Crippen LogP contribution is -2.18. The van der Waals surface area contributed by atoms with Gasteiger partial charge in [-0.15, -0.1) is 13.2 Å². The Morgan fingerprint density at radius 2 is 1.89 bits per heavy atom. The summed E-state index contributed by atoms with van der Waals surface area (Å²) in [5.74, 6) is 0.297. The maximum atomic E-state index is 12.1. The second-order valence-corrected chi connectivity index (χ2v) is 4.70. The number of halogens is 3. The number of hydrogen-bond acceptors (Lipinski definition) is 2. The van der Waals surface area contributed by atoms with Gasteiger partial charge in [0.2, 0.25) is 0 Å². The monoisotopic (exact) mass is 261 g/mol. The van der Waals surface area contributed by atoms with E-state index in [1.165, 1.54) is 18.2 Å². The SMILES string of the molecule is CC(C)CC[C@@H](N)c1cccc(OC(F)(F)F)c1. The van der Waals surface area contributed by atoms with Crippen molar-refractivity contribution in [1.82, 2.24) is 0 Å². The molecule has 0 aromatic heterocycles. The average Bonchev–Trinajstić information content (AvgIpc) is 2.23. The molecule has 0 aliphatic rings. The Morgan fingerprint density at radius 3 is 2.44 bits per heavy atom. The molecule has 1 atom stereocenters. The normalized spacial score (nSPS) is 13.7. The number of hydrogen-bond donors (Lipinski definition) is 1. The third-order valence-corrected chi connectivity index (χ3v) is 2.57. The van der Waals surface area contributed by atoms with Gasteiger partial charge in [-0.3, -0.25) is 0 Å². The molecule has 0 saturated carbocycles. The fraction of sp³-hybridized carbons (Fsp3) is 0.538. The van der Waals surface area contributed by atoms with Gasteiger partial charge < -0.3 is 10.5 Å². The maximum Gasteiger partial charge on any atom is 0.573 e. The molecule has 0 saturated heterocycles. The number of nitrogens with two attached hydrogens (primary N) is 1. The molecular formula is C13H18F3NO. The standard InChI is InChI=1S/C13H18F3NO/c1-9(2)6-7-12(17)10-4-3-5-11(8-10)18-13(14,15)16/h3-5,8-9,12H,6-7,17H2,1-2H3/t12-/m1/s1. The second kappa shape index (κ2) is 6.09. The first-order valence-corrected chi connectivity index (χ1v) is 5.89. The Morgan fingerprint density at radius 1 is 1.22 bits per heavy atom. The quantitative estimate of drug-likeness (QED) is 0.868. The van der Waals surface area contributed by atoms with Crippen LogP contribution in [0.1, 0.15) is 38.3 Å². The Hall–Kier alpha value is -1.23. The highest BCUT2D eigenvalue weighted by Gasteiger charge is 2.31. The van der Waals surface area contributed by atoms with Crippen molar-refractivity contribution >= 4 is 0 Å². The van der Waals surface area contributed by atoms with Gasteiger partial charge in [0.05, 0.1) is 0 Å². The minimum Gasteiger partial charge on any atom is -0.406 e. The third-order valence-electron chi connectivity index (χ3n) is 2.57. The molecule has 2 N–H and O–H groups in total. The maximum absolute atomic E-state index is 12.1. The van der Waals surface area contributed by atoms with Crippen LogP contribution in [0.5, 0.6) is 5.75 Å². The predicted octanol–water partition coefficient (Wildman–Crippen LogP) is 4.02. The van der Waals surface area contributed by atoms with Crippen molar-refractivity contribution in [3.63, 3.8) is 0 Å². The summed E-state index contributed by atoms with van der Waals surface area (Å²) in [6.07, 6.45) is -2.99. The average molecular weight is 261 g/mol. The van der Waals surface area contributed by atoms with Crippen LogP contribution in [0, 0.1) is 5.92 Å². The molecule has 102 valence electrons. The molecule has 0 radical (unpaired) electrons. The lowest BCUT2D eigenvalue weighted by molar-refractivity contribution is -0.274. The Labute approximate surface area is 105 Å². The van der Waals surface area contributed by atoms with E-state index in [-0.39, 0.29) is 11.8 Å². The van der Waals surface area contributed by atoms with Crippen LogP contribution in [0.2, 0.25) is 0 Å². The Balaban J connectivity index is 2.69. The lowest BCUT2D eigenvalue weighted by atomic mass is 9.98. The van der Waals surface area contributed by atoms with E-state index in [2.05, 4.69) is 18.6 Å². The highest BCUT2D eigenvalue weighted by atomic mass is 19.4. The summed E-state index contributed by atoms with van der Waals surface area (Å²) in [7, 11) is 0. The van der Waals surface area contributed by atoms with Crippen LogP contribution >= 0.6 is 0 Å². The summed E-state index contributed by atoms with van der Waals surface area (Å²) in [5, 5.41) is 0. The largest absolute Gasteiger partial charge is 0.573 e. The molecular weight excluding hydrogens is 243 g/mol. The molecule has 0 bridgehead atoms. The number of rotatable bonds is 5. The van der Waals surface area contributed by atoms with E-state index in [1.807, 2.05) is 0 Å². The summed E-state index contributed by atoms with van der Waals surface area (Å²) in [6.45, 7) is 4.16. The van der Waals surface area contributed by atoms with Gasteiger partial charge in [0, 0.05) is 6.04 Å². The zero-order valence-electron chi connectivity index (χ0n) is 10.5. The van der Waals surface area contributed by atoms with Gasteiger partial charge in [0.15, 0.2) is 0 Å². The van der Waals surface area contributed by atoms with Crippen LogP contribution < -0.4 is 10.5 Å². The van der Waals surface area contributed by atoms with Crippen LogP contribution in [0.4, 0.5) is 13.2 Å². The van der Waals surface area contributed by atoms with Gasteiger partial charge in [-0.2, -0.15) is 0 Å². The summed E-state index contributed by atoms with van der Waals surface area (Å²) in [4.78, 5) is 0.